The summed E-state index contributed by atoms with van der Waals surface area (Å²) in [6.45, 7) is 0.749. The largest absolute Gasteiger partial charge is 0.355 e. The molecule has 0 spiro atoms. The lowest BCUT2D eigenvalue weighted by atomic mass is 9.49. The molecule has 1 aromatic rings. The Morgan fingerprint density at radius 1 is 1.00 bits per heavy atom. The van der Waals surface area contributed by atoms with E-state index in [2.05, 4.69) is 10.6 Å². The lowest BCUT2D eigenvalue weighted by Crippen LogP contribution is -2.53. The summed E-state index contributed by atoms with van der Waals surface area (Å²) in [5.74, 6) is 2.32. The van der Waals surface area contributed by atoms with Crippen LogP contribution in [0.4, 0.5) is 0 Å². The third-order valence-corrected chi connectivity index (χ3v) is 7.24. The number of halogens is 2. The van der Waals surface area contributed by atoms with Gasteiger partial charge in [-0.05, 0) is 74.0 Å². The van der Waals surface area contributed by atoms with Crippen molar-refractivity contribution >= 4 is 35.0 Å². The summed E-state index contributed by atoms with van der Waals surface area (Å²) in [5.41, 5.74) is 0.675. The van der Waals surface area contributed by atoms with Crippen molar-refractivity contribution in [3.63, 3.8) is 0 Å². The third kappa shape index (κ3) is 4.12. The average molecular weight is 409 g/mol. The van der Waals surface area contributed by atoms with E-state index in [0.717, 1.165) is 42.6 Å². The zero-order valence-electron chi connectivity index (χ0n) is 15.4. The maximum absolute atomic E-state index is 12.9. The van der Waals surface area contributed by atoms with Gasteiger partial charge in [-0.2, -0.15) is 0 Å². The minimum atomic E-state index is -0.151. The van der Waals surface area contributed by atoms with E-state index in [1.165, 1.54) is 19.3 Å². The number of hydrogen-bond acceptors (Lipinski definition) is 2. The first kappa shape index (κ1) is 19.1. The van der Waals surface area contributed by atoms with Crippen molar-refractivity contribution in [2.24, 2.45) is 23.2 Å². The maximum Gasteiger partial charge on any atom is 0.226 e. The molecule has 146 valence electrons. The summed E-state index contributed by atoms with van der Waals surface area (Å²) in [4.78, 5) is 25.0. The summed E-state index contributed by atoms with van der Waals surface area (Å²) in [6.07, 6.45) is 7.39. The van der Waals surface area contributed by atoms with Gasteiger partial charge in [-0.25, -0.2) is 0 Å². The van der Waals surface area contributed by atoms with Gasteiger partial charge in [0, 0.05) is 35.0 Å². The first-order valence-corrected chi connectivity index (χ1v) is 10.7. The van der Waals surface area contributed by atoms with E-state index in [1.807, 2.05) is 0 Å². The van der Waals surface area contributed by atoms with E-state index >= 15 is 0 Å². The van der Waals surface area contributed by atoms with Gasteiger partial charge in [-0.15, -0.1) is 0 Å². The molecule has 4 saturated carbocycles. The zero-order valence-corrected chi connectivity index (χ0v) is 16.9. The van der Waals surface area contributed by atoms with Crippen LogP contribution < -0.4 is 10.6 Å². The topological polar surface area (TPSA) is 58.2 Å². The quantitative estimate of drug-likeness (QED) is 0.735. The molecule has 4 bridgehead atoms. The van der Waals surface area contributed by atoms with Crippen LogP contribution in [0.3, 0.4) is 0 Å². The molecule has 2 N–H and O–H groups in total. The van der Waals surface area contributed by atoms with Crippen LogP contribution in [0.15, 0.2) is 18.2 Å². The Bertz CT molecular complexity index is 714. The third-order valence-electron chi connectivity index (χ3n) is 6.65. The lowest BCUT2D eigenvalue weighted by molar-refractivity contribution is -0.146. The summed E-state index contributed by atoms with van der Waals surface area (Å²) < 4.78 is 0. The Kier molecular flexibility index (Phi) is 5.39. The van der Waals surface area contributed by atoms with Crippen molar-refractivity contribution in [3.05, 3.63) is 33.8 Å². The van der Waals surface area contributed by atoms with Gasteiger partial charge >= 0.3 is 0 Å². The van der Waals surface area contributed by atoms with Gasteiger partial charge in [0.05, 0.1) is 0 Å². The van der Waals surface area contributed by atoms with Gasteiger partial charge in [-0.1, -0.05) is 29.3 Å². The van der Waals surface area contributed by atoms with Crippen molar-refractivity contribution in [2.75, 3.05) is 6.54 Å². The number of carbonyl (C=O) groups excluding carboxylic acids is 2. The molecule has 6 heteroatoms. The molecule has 5 rings (SSSR count). The van der Waals surface area contributed by atoms with E-state index < -0.39 is 0 Å². The van der Waals surface area contributed by atoms with E-state index in [9.17, 15) is 9.59 Å². The van der Waals surface area contributed by atoms with Crippen molar-refractivity contribution in [2.45, 2.75) is 51.5 Å². The summed E-state index contributed by atoms with van der Waals surface area (Å²) in [7, 11) is 0. The molecule has 0 saturated heterocycles. The highest BCUT2D eigenvalue weighted by molar-refractivity contribution is 6.35. The average Bonchev–Trinajstić information content (AvgIpc) is 2.59. The molecular weight excluding hydrogens is 383 g/mol. The molecule has 4 fully saturated rings. The second-order valence-corrected chi connectivity index (χ2v) is 9.56. The van der Waals surface area contributed by atoms with Crippen LogP contribution in [-0.4, -0.2) is 18.4 Å². The van der Waals surface area contributed by atoms with E-state index in [0.29, 0.717) is 23.1 Å². The molecule has 4 aliphatic rings. The Morgan fingerprint density at radius 3 is 2.22 bits per heavy atom. The summed E-state index contributed by atoms with van der Waals surface area (Å²) in [5, 5.41) is 7.01. The summed E-state index contributed by atoms with van der Waals surface area (Å²) in [6, 6.07) is 5.22. The van der Waals surface area contributed by atoms with Gasteiger partial charge < -0.3 is 10.6 Å². The number of amides is 2. The fraction of sp³-hybridized carbons (Fsp3) is 0.619. The van der Waals surface area contributed by atoms with Crippen LogP contribution in [0.1, 0.15) is 50.5 Å². The predicted molar refractivity (Wildman–Crippen MR) is 107 cm³/mol. The van der Waals surface area contributed by atoms with Gasteiger partial charge in [0.2, 0.25) is 11.8 Å². The molecule has 0 atom stereocenters. The molecule has 0 unspecified atom stereocenters. The molecule has 4 aliphatic carbocycles. The fourth-order valence-electron chi connectivity index (χ4n) is 5.81. The standard InChI is InChI=1S/C21H26Cl2N2O2/c22-17-2-1-16(18(23)8-17)12-25-19(26)3-4-24-20(27)21-9-13-5-14(10-21)7-15(6-13)11-21/h1-2,8,13-15H,3-7,9-12H2,(H,24,27)(H,25,26). The van der Waals surface area contributed by atoms with Crippen molar-refractivity contribution < 1.29 is 9.59 Å². The molecule has 0 radical (unpaired) electrons. The van der Waals surface area contributed by atoms with E-state index in [-0.39, 0.29) is 23.7 Å². The van der Waals surface area contributed by atoms with Gasteiger partial charge in [0.1, 0.15) is 0 Å². The monoisotopic (exact) mass is 408 g/mol. The molecule has 27 heavy (non-hydrogen) atoms. The predicted octanol–water partition coefficient (Wildman–Crippen LogP) is 4.33. The molecule has 0 aliphatic heterocycles. The summed E-state index contributed by atoms with van der Waals surface area (Å²) >= 11 is 12.0. The van der Waals surface area contributed by atoms with Crippen LogP contribution in [0.25, 0.3) is 0 Å². The van der Waals surface area contributed by atoms with Gasteiger partial charge in [0.15, 0.2) is 0 Å². The zero-order chi connectivity index (χ0) is 19.0. The van der Waals surface area contributed by atoms with Gasteiger partial charge in [0.25, 0.3) is 0 Å². The van der Waals surface area contributed by atoms with Crippen LogP contribution in [-0.2, 0) is 16.1 Å². The Morgan fingerprint density at radius 2 is 1.63 bits per heavy atom. The Hall–Kier alpha value is -1.26. The number of nitrogens with one attached hydrogen (secondary N) is 2. The molecular formula is C21H26Cl2N2O2. The Balaban J connectivity index is 1.22. The number of carbonyl (C=O) groups is 2. The highest BCUT2D eigenvalue weighted by atomic mass is 35.5. The molecule has 0 aromatic heterocycles. The Labute approximate surface area is 170 Å². The van der Waals surface area contributed by atoms with Crippen molar-refractivity contribution in [3.8, 4) is 0 Å². The second kappa shape index (κ2) is 7.63. The van der Waals surface area contributed by atoms with Crippen molar-refractivity contribution in [1.82, 2.24) is 10.6 Å². The number of rotatable bonds is 6. The van der Waals surface area contributed by atoms with Crippen LogP contribution in [0.5, 0.6) is 0 Å². The van der Waals surface area contributed by atoms with E-state index in [1.54, 1.807) is 18.2 Å². The highest BCUT2D eigenvalue weighted by Gasteiger charge is 2.54. The normalized spacial score (nSPS) is 31.0. The molecule has 2 amide bonds. The van der Waals surface area contributed by atoms with Crippen LogP contribution in [0.2, 0.25) is 10.0 Å². The second-order valence-electron chi connectivity index (χ2n) is 8.72. The van der Waals surface area contributed by atoms with Crippen molar-refractivity contribution in [1.29, 1.82) is 0 Å². The highest BCUT2D eigenvalue weighted by Crippen LogP contribution is 2.60. The molecule has 4 nitrogen and oxygen atoms in total. The minimum absolute atomic E-state index is 0.0909. The van der Waals surface area contributed by atoms with Crippen LogP contribution in [0, 0.1) is 23.2 Å². The first-order chi connectivity index (χ1) is 12.9. The maximum atomic E-state index is 12.9. The SMILES string of the molecule is O=C(CCNC(=O)C12CC3CC(CC(C3)C1)C2)NCc1ccc(Cl)cc1Cl. The van der Waals surface area contributed by atoms with E-state index in [4.69, 9.17) is 23.2 Å². The minimum Gasteiger partial charge on any atom is -0.355 e. The van der Waals surface area contributed by atoms with Crippen LogP contribution >= 0.6 is 23.2 Å². The fourth-order valence-corrected chi connectivity index (χ4v) is 6.29. The lowest BCUT2D eigenvalue weighted by Gasteiger charge is -2.55. The molecule has 1 aromatic carbocycles. The molecule has 0 heterocycles. The number of hydrogen-bond donors (Lipinski definition) is 2. The first-order valence-electron chi connectivity index (χ1n) is 9.92. The van der Waals surface area contributed by atoms with Gasteiger partial charge in [-0.3, -0.25) is 9.59 Å². The number of benzene rings is 1. The smallest absolute Gasteiger partial charge is 0.226 e.